The van der Waals surface area contributed by atoms with Gasteiger partial charge in [-0.2, -0.15) is 0 Å². The van der Waals surface area contributed by atoms with Crippen LogP contribution < -0.4 is 11.4 Å². The predicted octanol–water partition coefficient (Wildman–Crippen LogP) is 5.72. The molecule has 0 aromatic carbocycles. The third-order valence-corrected chi connectivity index (χ3v) is 12.0. The highest BCUT2D eigenvalue weighted by Crippen LogP contribution is 2.69. The van der Waals surface area contributed by atoms with Crippen LogP contribution in [0.1, 0.15) is 110 Å². The molecule has 3 fully saturated rings. The van der Waals surface area contributed by atoms with Crippen molar-refractivity contribution in [3.05, 3.63) is 44.8 Å². The second kappa shape index (κ2) is 6.91. The smallest absolute Gasteiger partial charge is 0.246 e. The summed E-state index contributed by atoms with van der Waals surface area (Å²) in [6, 6.07) is 0.0309. The van der Waals surface area contributed by atoms with E-state index in [1.807, 2.05) is 9.36 Å². The van der Waals surface area contributed by atoms with Crippen LogP contribution in [-0.4, -0.2) is 13.9 Å². The Labute approximate surface area is 202 Å². The largest absolute Gasteiger partial charge is 0.348 e. The number of fused-ring (bicyclic) bond motifs is 2. The molecule has 3 heterocycles. The van der Waals surface area contributed by atoms with Crippen LogP contribution >= 0.6 is 0 Å². The summed E-state index contributed by atoms with van der Waals surface area (Å²) in [6.07, 6.45) is 21.5. The molecule has 0 radical (unpaired) electrons. The van der Waals surface area contributed by atoms with Crippen LogP contribution in [0, 0.1) is 28.6 Å². The van der Waals surface area contributed by atoms with Crippen LogP contribution in [0.2, 0.25) is 0 Å². The summed E-state index contributed by atoms with van der Waals surface area (Å²) in [5, 5.41) is 0. The summed E-state index contributed by atoms with van der Waals surface area (Å²) in [7, 11) is 0. The number of nitrogens with zero attached hydrogens (tertiary/aromatic N) is 3. The molecule has 1 aromatic heterocycles. The van der Waals surface area contributed by atoms with E-state index in [1.54, 1.807) is 10.1 Å². The Bertz CT molecular complexity index is 1210. The molecule has 5 aliphatic carbocycles. The molecule has 2 aliphatic heterocycles. The lowest BCUT2D eigenvalue weighted by Crippen LogP contribution is -2.62. The fourth-order valence-corrected chi connectivity index (χ4v) is 9.60. The van der Waals surface area contributed by atoms with Gasteiger partial charge in [-0.15, -0.1) is 0 Å². The van der Waals surface area contributed by atoms with Crippen molar-refractivity contribution < 1.29 is 0 Å². The SMILES string of the molecule is CC1(C)[C@H]2CC[C@@]1(C)[C@H](n1c(=O)n3n(c1=O)[C@@]14C=C[C@H]3[C@H]3C=C(CCCCCCCCC1)[C@H]34)C2. The Hall–Kier alpha value is -1.78. The van der Waals surface area contributed by atoms with Crippen LogP contribution in [0.4, 0.5) is 0 Å². The second-order valence-corrected chi connectivity index (χ2v) is 13.3. The Morgan fingerprint density at radius 1 is 0.912 bits per heavy atom. The molecule has 0 unspecified atom stereocenters. The third-order valence-electron chi connectivity index (χ3n) is 12.0. The van der Waals surface area contributed by atoms with Gasteiger partial charge in [0.05, 0.1) is 11.6 Å². The Balaban J connectivity index is 1.38. The Kier molecular flexibility index (Phi) is 4.37. The van der Waals surface area contributed by atoms with E-state index in [9.17, 15) is 9.59 Å². The quantitative estimate of drug-likeness (QED) is 0.501. The van der Waals surface area contributed by atoms with E-state index in [0.29, 0.717) is 17.8 Å². The molecule has 4 bridgehead atoms. The van der Waals surface area contributed by atoms with Gasteiger partial charge in [-0.3, -0.25) is 0 Å². The van der Waals surface area contributed by atoms with E-state index >= 15 is 0 Å². The van der Waals surface area contributed by atoms with Gasteiger partial charge < -0.3 is 0 Å². The van der Waals surface area contributed by atoms with E-state index < -0.39 is 0 Å². The van der Waals surface area contributed by atoms with E-state index in [-0.39, 0.29) is 39.8 Å². The summed E-state index contributed by atoms with van der Waals surface area (Å²) in [6.45, 7) is 7.09. The van der Waals surface area contributed by atoms with Crippen molar-refractivity contribution in [3.8, 4) is 0 Å². The minimum atomic E-state index is -0.349. The van der Waals surface area contributed by atoms with Crippen molar-refractivity contribution >= 4 is 0 Å². The van der Waals surface area contributed by atoms with Gasteiger partial charge in [-0.05, 0) is 55.3 Å². The number of rotatable bonds is 1. The van der Waals surface area contributed by atoms with Crippen LogP contribution in [-0.2, 0) is 5.54 Å². The molecule has 7 atom stereocenters. The minimum absolute atomic E-state index is 0.00406. The molecule has 184 valence electrons. The van der Waals surface area contributed by atoms with Gasteiger partial charge in [0.15, 0.2) is 0 Å². The zero-order valence-electron chi connectivity index (χ0n) is 21.3. The maximum absolute atomic E-state index is 14.3. The maximum Gasteiger partial charge on any atom is 0.348 e. The lowest BCUT2D eigenvalue weighted by molar-refractivity contribution is 0.0313. The van der Waals surface area contributed by atoms with Gasteiger partial charge >= 0.3 is 11.4 Å². The van der Waals surface area contributed by atoms with Gasteiger partial charge in [0.2, 0.25) is 0 Å². The van der Waals surface area contributed by atoms with Crippen molar-refractivity contribution in [1.29, 1.82) is 0 Å². The normalized spacial score (nSPS) is 44.0. The van der Waals surface area contributed by atoms with E-state index in [4.69, 9.17) is 0 Å². The second-order valence-electron chi connectivity index (χ2n) is 13.3. The molecule has 7 aliphatic rings. The monoisotopic (exact) mass is 463 g/mol. The van der Waals surface area contributed by atoms with Crippen LogP contribution in [0.5, 0.6) is 0 Å². The average Bonchev–Trinajstić information content (AvgIpc) is 3.25. The lowest BCUT2D eigenvalue weighted by atomic mass is 9.55. The van der Waals surface area contributed by atoms with Gasteiger partial charge in [0, 0.05) is 17.9 Å². The molecule has 5 nitrogen and oxygen atoms in total. The molecule has 34 heavy (non-hydrogen) atoms. The standard InChI is InChI=1S/C29H41N3O2/c1-27(2)20-12-15-28(27,3)23(18-20)30-25(33)31-22-13-16-29(32(31)26(30)34)14-10-8-6-4-5-7-9-11-19-17-21(22)24(19)29/h13,16-17,20-24H,4-12,14-15,18H2,1-3H3/t20-,21+,22-,23+,24+,28-,29+/m0/s1. The maximum atomic E-state index is 14.3. The molecule has 1 spiro atoms. The van der Waals surface area contributed by atoms with Crippen molar-refractivity contribution in [2.75, 3.05) is 0 Å². The van der Waals surface area contributed by atoms with Crippen LogP contribution in [0.15, 0.2) is 33.4 Å². The van der Waals surface area contributed by atoms with Gasteiger partial charge in [-0.25, -0.2) is 23.5 Å². The molecule has 8 rings (SSSR count). The first-order valence-corrected chi connectivity index (χ1v) is 14.2. The molecular formula is C29H41N3O2. The molecule has 5 heteroatoms. The topological polar surface area (TPSA) is 48.9 Å². The Morgan fingerprint density at radius 3 is 2.35 bits per heavy atom. The van der Waals surface area contributed by atoms with Crippen molar-refractivity contribution in [3.63, 3.8) is 0 Å². The number of aromatic nitrogens is 3. The van der Waals surface area contributed by atoms with Crippen LogP contribution in [0.3, 0.4) is 0 Å². The van der Waals surface area contributed by atoms with Crippen LogP contribution in [0.25, 0.3) is 0 Å². The van der Waals surface area contributed by atoms with E-state index in [2.05, 4.69) is 39.0 Å². The van der Waals surface area contributed by atoms with Gasteiger partial charge in [0.1, 0.15) is 0 Å². The highest BCUT2D eigenvalue weighted by molar-refractivity contribution is 5.38. The third kappa shape index (κ3) is 2.38. The van der Waals surface area contributed by atoms with Crippen molar-refractivity contribution in [2.45, 2.75) is 115 Å². The fraction of sp³-hybridized carbons (Fsp3) is 0.793. The van der Waals surface area contributed by atoms with E-state index in [1.165, 1.54) is 51.4 Å². The molecular weight excluding hydrogens is 422 g/mol. The van der Waals surface area contributed by atoms with E-state index in [0.717, 1.165) is 25.7 Å². The zero-order chi connectivity index (χ0) is 23.5. The van der Waals surface area contributed by atoms with Crippen molar-refractivity contribution in [1.82, 2.24) is 13.9 Å². The molecule has 3 saturated carbocycles. The predicted molar refractivity (Wildman–Crippen MR) is 134 cm³/mol. The lowest BCUT2D eigenvalue weighted by Gasteiger charge is -2.58. The highest BCUT2D eigenvalue weighted by Gasteiger charge is 2.64. The average molecular weight is 464 g/mol. The first-order chi connectivity index (χ1) is 16.3. The molecule has 1 aromatic rings. The van der Waals surface area contributed by atoms with Crippen molar-refractivity contribution in [2.24, 2.45) is 28.6 Å². The fourth-order valence-electron chi connectivity index (χ4n) is 9.60. The number of hydrogen-bond acceptors (Lipinski definition) is 2. The summed E-state index contributed by atoms with van der Waals surface area (Å²) >= 11 is 0. The molecule has 0 saturated heterocycles. The molecule has 0 amide bonds. The highest BCUT2D eigenvalue weighted by atomic mass is 16.2. The van der Waals surface area contributed by atoms with Gasteiger partial charge in [-0.1, -0.05) is 83.1 Å². The zero-order valence-corrected chi connectivity index (χ0v) is 21.3. The number of allylic oxidation sites excluding steroid dienone is 4. The first kappa shape index (κ1) is 21.5. The minimum Gasteiger partial charge on any atom is -0.246 e. The molecule has 0 N–H and O–H groups in total. The summed E-state index contributed by atoms with van der Waals surface area (Å²) in [4.78, 5) is 28.4. The number of hydrogen-bond donors (Lipinski definition) is 0. The summed E-state index contributed by atoms with van der Waals surface area (Å²) < 4.78 is 5.64. The summed E-state index contributed by atoms with van der Waals surface area (Å²) in [5.74, 6) is 1.39. The summed E-state index contributed by atoms with van der Waals surface area (Å²) in [5.41, 5.74) is 1.33. The first-order valence-electron chi connectivity index (χ1n) is 14.2. The van der Waals surface area contributed by atoms with Gasteiger partial charge in [0.25, 0.3) is 0 Å². The Morgan fingerprint density at radius 2 is 1.65 bits per heavy atom.